The van der Waals surface area contributed by atoms with Crippen LogP contribution in [0.1, 0.15) is 30.7 Å². The molecule has 1 aliphatic carbocycles. The van der Waals surface area contributed by atoms with Gasteiger partial charge in [-0.25, -0.2) is 0 Å². The average molecular weight is 327 g/mol. The number of carbonyl (C=O) groups is 2. The van der Waals surface area contributed by atoms with Crippen molar-refractivity contribution in [3.63, 3.8) is 0 Å². The van der Waals surface area contributed by atoms with Crippen LogP contribution < -0.4 is 0 Å². The number of benzene rings is 1. The molecule has 4 nitrogen and oxygen atoms in total. The zero-order valence-corrected chi connectivity index (χ0v) is 11.8. The van der Waals surface area contributed by atoms with Gasteiger partial charge in [0, 0.05) is 4.47 Å². The lowest BCUT2D eigenvalue weighted by molar-refractivity contribution is -0.156. The fourth-order valence-corrected chi connectivity index (χ4v) is 3.17. The summed E-state index contributed by atoms with van der Waals surface area (Å²) in [6.07, 6.45) is 1.92. The highest BCUT2D eigenvalue weighted by molar-refractivity contribution is 9.10. The molecule has 1 aliphatic rings. The monoisotopic (exact) mass is 326 g/mol. The first-order valence-electron chi connectivity index (χ1n) is 6.21. The van der Waals surface area contributed by atoms with E-state index in [4.69, 9.17) is 0 Å². The highest BCUT2D eigenvalue weighted by Gasteiger charge is 2.42. The largest absolute Gasteiger partial charge is 0.481 e. The lowest BCUT2D eigenvalue weighted by Crippen LogP contribution is -2.37. The Hall–Kier alpha value is -1.36. The molecule has 0 saturated heterocycles. The van der Waals surface area contributed by atoms with Crippen LogP contribution in [-0.2, 0) is 9.59 Å². The first-order chi connectivity index (χ1) is 9.00. The molecule has 1 fully saturated rings. The van der Waals surface area contributed by atoms with Crippen LogP contribution in [0.2, 0.25) is 0 Å². The Balaban J connectivity index is 2.33. The smallest absolute Gasteiger partial charge is 0.307 e. The van der Waals surface area contributed by atoms with Gasteiger partial charge in [-0.2, -0.15) is 0 Å². The van der Waals surface area contributed by atoms with Crippen molar-refractivity contribution >= 4 is 27.9 Å². The number of carboxylic acids is 2. The Morgan fingerprint density at radius 3 is 2.21 bits per heavy atom. The van der Waals surface area contributed by atoms with E-state index in [1.54, 1.807) is 0 Å². The van der Waals surface area contributed by atoms with E-state index in [0.717, 1.165) is 22.9 Å². The Morgan fingerprint density at radius 1 is 1.05 bits per heavy atom. The van der Waals surface area contributed by atoms with Gasteiger partial charge in [0.25, 0.3) is 0 Å². The summed E-state index contributed by atoms with van der Waals surface area (Å²) in [6.45, 7) is 0. The van der Waals surface area contributed by atoms with E-state index in [0.29, 0.717) is 6.42 Å². The number of hydrogen-bond acceptors (Lipinski definition) is 2. The van der Waals surface area contributed by atoms with Gasteiger partial charge in [-0.1, -0.05) is 34.5 Å². The second-order valence-corrected chi connectivity index (χ2v) is 5.81. The van der Waals surface area contributed by atoms with Gasteiger partial charge in [-0.05, 0) is 36.5 Å². The van der Waals surface area contributed by atoms with Crippen LogP contribution in [0, 0.1) is 11.8 Å². The topological polar surface area (TPSA) is 74.6 Å². The second kappa shape index (κ2) is 5.74. The van der Waals surface area contributed by atoms with Gasteiger partial charge in [-0.15, -0.1) is 0 Å². The molecule has 0 spiro atoms. The van der Waals surface area contributed by atoms with Crippen LogP contribution in [0.5, 0.6) is 0 Å². The number of halogens is 1. The molecular formula is C14H15BrO4. The van der Waals surface area contributed by atoms with Crippen molar-refractivity contribution in [2.45, 2.75) is 25.2 Å². The van der Waals surface area contributed by atoms with E-state index in [9.17, 15) is 19.8 Å². The molecule has 0 amide bonds. The van der Waals surface area contributed by atoms with Crippen molar-refractivity contribution in [2.24, 2.45) is 11.8 Å². The van der Waals surface area contributed by atoms with Crippen molar-refractivity contribution < 1.29 is 19.8 Å². The van der Waals surface area contributed by atoms with Gasteiger partial charge in [0.15, 0.2) is 0 Å². The summed E-state index contributed by atoms with van der Waals surface area (Å²) in [6, 6.07) is 7.46. The molecule has 3 atom stereocenters. The van der Waals surface area contributed by atoms with Crippen LogP contribution >= 0.6 is 15.9 Å². The molecule has 2 rings (SSSR count). The van der Waals surface area contributed by atoms with Gasteiger partial charge >= 0.3 is 11.9 Å². The van der Waals surface area contributed by atoms with E-state index in [-0.39, 0.29) is 5.92 Å². The molecule has 2 unspecified atom stereocenters. The number of carboxylic acid groups (broad SMARTS) is 2. The Bertz CT molecular complexity index is 483. The maximum atomic E-state index is 11.4. The van der Waals surface area contributed by atoms with Crippen molar-refractivity contribution in [1.82, 2.24) is 0 Å². The summed E-state index contributed by atoms with van der Waals surface area (Å²) in [5.41, 5.74) is 0.904. The van der Waals surface area contributed by atoms with E-state index in [2.05, 4.69) is 15.9 Å². The summed E-state index contributed by atoms with van der Waals surface area (Å²) in [4.78, 5) is 22.7. The van der Waals surface area contributed by atoms with E-state index >= 15 is 0 Å². The molecule has 0 aromatic heterocycles. The maximum absolute atomic E-state index is 11.4. The van der Waals surface area contributed by atoms with Crippen LogP contribution in [0.3, 0.4) is 0 Å². The summed E-state index contributed by atoms with van der Waals surface area (Å²) < 4.78 is 0.925. The van der Waals surface area contributed by atoms with Crippen molar-refractivity contribution in [3.05, 3.63) is 34.3 Å². The van der Waals surface area contributed by atoms with Crippen molar-refractivity contribution in [1.29, 1.82) is 0 Å². The zero-order valence-electron chi connectivity index (χ0n) is 10.3. The van der Waals surface area contributed by atoms with Gasteiger partial charge in [0.1, 0.15) is 0 Å². The molecule has 19 heavy (non-hydrogen) atoms. The quantitative estimate of drug-likeness (QED) is 0.894. The van der Waals surface area contributed by atoms with Crippen molar-refractivity contribution in [2.75, 3.05) is 0 Å². The highest BCUT2D eigenvalue weighted by Crippen LogP contribution is 2.41. The van der Waals surface area contributed by atoms with E-state index in [1.165, 1.54) is 0 Å². The molecule has 2 N–H and O–H groups in total. The van der Waals surface area contributed by atoms with Gasteiger partial charge < -0.3 is 10.2 Å². The first-order valence-corrected chi connectivity index (χ1v) is 7.01. The SMILES string of the molecule is O=C(O)C1CCC[C@H](c2ccc(Br)cc2)C1C(=O)O. The molecule has 5 heteroatoms. The predicted molar refractivity (Wildman–Crippen MR) is 73.0 cm³/mol. The minimum atomic E-state index is -1.01. The standard InChI is InChI=1S/C14H15BrO4/c15-9-6-4-8(5-7-9)10-2-1-3-11(13(16)17)12(10)14(18)19/h4-7,10-12H,1-3H2,(H,16,17)(H,18,19)/t10-,11?,12?/m1/s1. The molecule has 102 valence electrons. The molecule has 0 bridgehead atoms. The molecule has 1 saturated carbocycles. The maximum Gasteiger partial charge on any atom is 0.307 e. The molecule has 0 aliphatic heterocycles. The average Bonchev–Trinajstić information content (AvgIpc) is 2.38. The number of aliphatic carboxylic acids is 2. The molecule has 0 heterocycles. The van der Waals surface area contributed by atoms with Crippen LogP contribution in [0.25, 0.3) is 0 Å². The Labute approximate surface area is 119 Å². The van der Waals surface area contributed by atoms with E-state index < -0.39 is 23.8 Å². The molecule has 1 aromatic carbocycles. The predicted octanol–water partition coefficient (Wildman–Crippen LogP) is 3.12. The third-order valence-corrected chi connectivity index (χ3v) is 4.33. The third kappa shape index (κ3) is 2.97. The third-order valence-electron chi connectivity index (χ3n) is 3.80. The van der Waals surface area contributed by atoms with Gasteiger partial charge in [0.2, 0.25) is 0 Å². The molecular weight excluding hydrogens is 312 g/mol. The summed E-state index contributed by atoms with van der Waals surface area (Å²) in [5.74, 6) is -3.87. The Kier molecular flexibility index (Phi) is 4.24. The van der Waals surface area contributed by atoms with E-state index in [1.807, 2.05) is 24.3 Å². The van der Waals surface area contributed by atoms with Gasteiger partial charge in [0.05, 0.1) is 11.8 Å². The lowest BCUT2D eigenvalue weighted by atomic mass is 9.69. The molecule has 0 radical (unpaired) electrons. The van der Waals surface area contributed by atoms with Crippen molar-refractivity contribution in [3.8, 4) is 0 Å². The fourth-order valence-electron chi connectivity index (χ4n) is 2.90. The fraction of sp³-hybridized carbons (Fsp3) is 0.429. The number of hydrogen-bond donors (Lipinski definition) is 2. The lowest BCUT2D eigenvalue weighted by Gasteiger charge is -2.33. The minimum absolute atomic E-state index is 0.222. The highest BCUT2D eigenvalue weighted by atomic mass is 79.9. The van der Waals surface area contributed by atoms with Gasteiger partial charge in [-0.3, -0.25) is 9.59 Å². The minimum Gasteiger partial charge on any atom is -0.481 e. The van der Waals surface area contributed by atoms with Crippen LogP contribution in [0.15, 0.2) is 28.7 Å². The second-order valence-electron chi connectivity index (χ2n) is 4.90. The summed E-state index contributed by atoms with van der Waals surface area (Å²) in [7, 11) is 0. The molecule has 1 aromatic rings. The normalized spacial score (nSPS) is 26.9. The van der Waals surface area contributed by atoms with Crippen LogP contribution in [-0.4, -0.2) is 22.2 Å². The summed E-state index contributed by atoms with van der Waals surface area (Å²) in [5, 5.41) is 18.6. The van der Waals surface area contributed by atoms with Crippen LogP contribution in [0.4, 0.5) is 0 Å². The number of rotatable bonds is 3. The summed E-state index contributed by atoms with van der Waals surface area (Å²) >= 11 is 3.34. The Morgan fingerprint density at radius 2 is 1.68 bits per heavy atom. The first kappa shape index (κ1) is 14.1. The zero-order chi connectivity index (χ0) is 14.0.